The average molecular weight is 263 g/mol. The highest BCUT2D eigenvalue weighted by atomic mass is 16.4. The van der Waals surface area contributed by atoms with E-state index in [1.54, 1.807) is 20.0 Å². The van der Waals surface area contributed by atoms with Crippen molar-refractivity contribution < 1.29 is 9.21 Å². The molecule has 2 aromatic heterocycles. The predicted molar refractivity (Wildman–Crippen MR) is 67.5 cm³/mol. The first-order valence-electron chi connectivity index (χ1n) is 6.24. The van der Waals surface area contributed by atoms with Gasteiger partial charge in [-0.3, -0.25) is 9.89 Å². The minimum absolute atomic E-state index is 0.138. The van der Waals surface area contributed by atoms with E-state index in [1.807, 2.05) is 6.92 Å². The third-order valence-corrected chi connectivity index (χ3v) is 2.58. The molecular formula is C12H17N5O2. The Balaban J connectivity index is 1.99. The molecular weight excluding hydrogens is 246 g/mol. The van der Waals surface area contributed by atoms with E-state index in [-0.39, 0.29) is 17.8 Å². The summed E-state index contributed by atoms with van der Waals surface area (Å²) >= 11 is 0. The van der Waals surface area contributed by atoms with Crippen molar-refractivity contribution in [1.29, 1.82) is 0 Å². The number of aryl methyl sites for hydroxylation is 2. The van der Waals surface area contributed by atoms with Crippen LogP contribution in [0.3, 0.4) is 0 Å². The van der Waals surface area contributed by atoms with E-state index < -0.39 is 0 Å². The van der Waals surface area contributed by atoms with Crippen LogP contribution in [0.4, 0.5) is 0 Å². The van der Waals surface area contributed by atoms with Crippen molar-refractivity contribution in [3.8, 4) is 0 Å². The molecule has 0 saturated carbocycles. The Kier molecular flexibility index (Phi) is 3.94. The lowest BCUT2D eigenvalue weighted by Gasteiger charge is -2.07. The average Bonchev–Trinajstić information content (AvgIpc) is 2.98. The number of rotatable bonds is 5. The van der Waals surface area contributed by atoms with Gasteiger partial charge in [-0.2, -0.15) is 0 Å². The molecule has 2 N–H and O–H groups in total. The number of carbonyl (C=O) groups is 1. The fraction of sp³-hybridized carbons (Fsp3) is 0.500. The molecule has 1 unspecified atom stereocenters. The number of nitrogens with one attached hydrogen (secondary N) is 2. The minimum Gasteiger partial charge on any atom is -0.444 e. The van der Waals surface area contributed by atoms with Gasteiger partial charge in [-0.1, -0.05) is 6.92 Å². The van der Waals surface area contributed by atoms with E-state index >= 15 is 0 Å². The Morgan fingerprint density at radius 2 is 2.37 bits per heavy atom. The van der Waals surface area contributed by atoms with Crippen LogP contribution in [0.1, 0.15) is 54.4 Å². The molecule has 1 amide bonds. The summed E-state index contributed by atoms with van der Waals surface area (Å²) in [5.74, 6) is 1.68. The number of aromatic nitrogens is 4. The second-order valence-electron chi connectivity index (χ2n) is 4.36. The Bertz CT molecular complexity index is 560. The van der Waals surface area contributed by atoms with Crippen molar-refractivity contribution in [2.45, 2.75) is 39.7 Å². The number of hydrogen-bond acceptors (Lipinski definition) is 5. The standard InChI is InChI=1S/C12H17N5O2/c1-4-5-9-15-10(17-16-9)11(18)14-8(3)12-13-6-7(2)19-12/h6,8H,4-5H2,1-3H3,(H,14,18)(H,15,16,17). The highest BCUT2D eigenvalue weighted by Gasteiger charge is 2.18. The molecule has 0 aromatic carbocycles. The van der Waals surface area contributed by atoms with Crippen LogP contribution < -0.4 is 5.32 Å². The van der Waals surface area contributed by atoms with E-state index in [2.05, 4.69) is 25.5 Å². The molecule has 2 rings (SSSR count). The molecule has 7 heteroatoms. The Hall–Kier alpha value is -2.18. The molecule has 0 bridgehead atoms. The molecule has 0 spiro atoms. The quantitative estimate of drug-likeness (QED) is 0.853. The van der Waals surface area contributed by atoms with E-state index in [1.165, 1.54) is 0 Å². The van der Waals surface area contributed by atoms with Crippen molar-refractivity contribution in [2.24, 2.45) is 0 Å². The fourth-order valence-electron chi connectivity index (χ4n) is 1.64. The number of oxazole rings is 1. The highest BCUT2D eigenvalue weighted by Crippen LogP contribution is 2.12. The molecule has 1 atom stereocenters. The number of hydrogen-bond donors (Lipinski definition) is 2. The zero-order valence-corrected chi connectivity index (χ0v) is 11.2. The van der Waals surface area contributed by atoms with Crippen molar-refractivity contribution in [1.82, 2.24) is 25.5 Å². The molecule has 0 aliphatic carbocycles. The van der Waals surface area contributed by atoms with Crippen LogP contribution >= 0.6 is 0 Å². The normalized spacial score (nSPS) is 12.4. The molecule has 0 radical (unpaired) electrons. The lowest BCUT2D eigenvalue weighted by molar-refractivity contribution is 0.0923. The zero-order valence-electron chi connectivity index (χ0n) is 11.2. The van der Waals surface area contributed by atoms with E-state index in [0.29, 0.717) is 17.5 Å². The third-order valence-electron chi connectivity index (χ3n) is 2.58. The number of aromatic amines is 1. The van der Waals surface area contributed by atoms with Crippen molar-refractivity contribution in [3.63, 3.8) is 0 Å². The van der Waals surface area contributed by atoms with Crippen LogP contribution in [-0.4, -0.2) is 26.1 Å². The van der Waals surface area contributed by atoms with Crippen molar-refractivity contribution in [3.05, 3.63) is 29.5 Å². The zero-order chi connectivity index (χ0) is 13.8. The van der Waals surface area contributed by atoms with Gasteiger partial charge in [0.05, 0.1) is 6.20 Å². The fourth-order valence-corrected chi connectivity index (χ4v) is 1.64. The van der Waals surface area contributed by atoms with Crippen LogP contribution in [0, 0.1) is 6.92 Å². The van der Waals surface area contributed by atoms with Gasteiger partial charge < -0.3 is 9.73 Å². The number of amides is 1. The molecule has 0 saturated heterocycles. The van der Waals surface area contributed by atoms with Gasteiger partial charge in [-0.15, -0.1) is 5.10 Å². The summed E-state index contributed by atoms with van der Waals surface area (Å²) in [7, 11) is 0. The Morgan fingerprint density at radius 1 is 1.58 bits per heavy atom. The molecule has 2 heterocycles. The number of nitrogens with zero attached hydrogens (tertiary/aromatic N) is 3. The summed E-state index contributed by atoms with van der Waals surface area (Å²) in [6.07, 6.45) is 3.33. The predicted octanol–water partition coefficient (Wildman–Crippen LogP) is 1.54. The summed E-state index contributed by atoms with van der Waals surface area (Å²) in [5.41, 5.74) is 0. The van der Waals surface area contributed by atoms with Gasteiger partial charge in [-0.05, 0) is 20.3 Å². The maximum atomic E-state index is 11.9. The molecule has 0 aliphatic heterocycles. The molecule has 7 nitrogen and oxygen atoms in total. The highest BCUT2D eigenvalue weighted by molar-refractivity contribution is 5.90. The van der Waals surface area contributed by atoms with Gasteiger partial charge >= 0.3 is 0 Å². The minimum atomic E-state index is -0.345. The summed E-state index contributed by atoms with van der Waals surface area (Å²) in [4.78, 5) is 20.1. The van der Waals surface area contributed by atoms with Gasteiger partial charge in [0.1, 0.15) is 17.6 Å². The second kappa shape index (κ2) is 5.64. The smallest absolute Gasteiger partial charge is 0.291 e. The maximum Gasteiger partial charge on any atom is 0.291 e. The Morgan fingerprint density at radius 3 is 3.00 bits per heavy atom. The van der Waals surface area contributed by atoms with Crippen molar-refractivity contribution >= 4 is 5.91 Å². The van der Waals surface area contributed by atoms with E-state index in [9.17, 15) is 4.79 Å². The largest absolute Gasteiger partial charge is 0.444 e. The van der Waals surface area contributed by atoms with Gasteiger partial charge in [0.2, 0.25) is 11.7 Å². The summed E-state index contributed by atoms with van der Waals surface area (Å²) in [5, 5.41) is 9.37. The summed E-state index contributed by atoms with van der Waals surface area (Å²) in [6.45, 7) is 5.63. The second-order valence-corrected chi connectivity index (χ2v) is 4.36. The van der Waals surface area contributed by atoms with Crippen LogP contribution in [0.25, 0.3) is 0 Å². The third kappa shape index (κ3) is 3.18. The van der Waals surface area contributed by atoms with Crippen LogP contribution in [0.15, 0.2) is 10.6 Å². The maximum absolute atomic E-state index is 11.9. The SMILES string of the molecule is CCCc1nc(C(=O)NC(C)c2ncc(C)o2)n[nH]1. The monoisotopic (exact) mass is 263 g/mol. The van der Waals surface area contributed by atoms with Gasteiger partial charge in [0.15, 0.2) is 0 Å². The van der Waals surface area contributed by atoms with Crippen molar-refractivity contribution in [2.75, 3.05) is 0 Å². The first-order valence-corrected chi connectivity index (χ1v) is 6.24. The van der Waals surface area contributed by atoms with Gasteiger partial charge in [-0.25, -0.2) is 9.97 Å². The number of H-pyrrole nitrogens is 1. The van der Waals surface area contributed by atoms with E-state index in [4.69, 9.17) is 4.42 Å². The molecule has 102 valence electrons. The lowest BCUT2D eigenvalue weighted by atomic mass is 10.3. The van der Waals surface area contributed by atoms with Gasteiger partial charge in [0, 0.05) is 6.42 Å². The first-order chi connectivity index (χ1) is 9.10. The van der Waals surface area contributed by atoms with Crippen LogP contribution in [0.5, 0.6) is 0 Å². The Labute approximate surface area is 110 Å². The molecule has 0 fully saturated rings. The molecule has 19 heavy (non-hydrogen) atoms. The first kappa shape index (κ1) is 13.3. The van der Waals surface area contributed by atoms with E-state index in [0.717, 1.165) is 12.8 Å². The molecule has 0 aliphatic rings. The van der Waals surface area contributed by atoms with Crippen LogP contribution in [-0.2, 0) is 6.42 Å². The molecule has 2 aromatic rings. The van der Waals surface area contributed by atoms with Gasteiger partial charge in [0.25, 0.3) is 5.91 Å². The van der Waals surface area contributed by atoms with Crippen LogP contribution in [0.2, 0.25) is 0 Å². The lowest BCUT2D eigenvalue weighted by Crippen LogP contribution is -2.27. The summed E-state index contributed by atoms with van der Waals surface area (Å²) in [6, 6.07) is -0.325. The topological polar surface area (TPSA) is 96.7 Å². The number of carbonyl (C=O) groups excluding carboxylic acids is 1. The summed E-state index contributed by atoms with van der Waals surface area (Å²) < 4.78 is 5.35.